The number of carbonyl (C=O) groups is 1. The predicted molar refractivity (Wildman–Crippen MR) is 183 cm³/mol. The average molecular weight is 635 g/mol. The van der Waals surface area contributed by atoms with Gasteiger partial charge in [-0.1, -0.05) is 75.4 Å². The van der Waals surface area contributed by atoms with E-state index in [1.54, 1.807) is 12.0 Å². The minimum Gasteiger partial charge on any atom is -0.394 e. The molecule has 1 saturated heterocycles. The lowest BCUT2D eigenvalue weighted by Crippen LogP contribution is -2.62. The van der Waals surface area contributed by atoms with Crippen LogP contribution in [0.1, 0.15) is 63.6 Å². The molecule has 1 heterocycles. The van der Waals surface area contributed by atoms with Gasteiger partial charge in [-0.3, -0.25) is 14.5 Å². The number of hydrogen-bond donors (Lipinski definition) is 3. The smallest absolute Gasteiger partial charge is 0.240 e. The highest BCUT2D eigenvalue weighted by molar-refractivity contribution is 5.82. The zero-order valence-corrected chi connectivity index (χ0v) is 28.9. The number of fused-ring (bicyclic) bond motifs is 2. The van der Waals surface area contributed by atoms with Crippen LogP contribution in [0.4, 0.5) is 0 Å². The normalized spacial score (nSPS) is 29.6. The Kier molecular flexibility index (Phi) is 11.6. The van der Waals surface area contributed by atoms with Crippen LogP contribution in [-0.4, -0.2) is 95.6 Å². The molecule has 46 heavy (non-hydrogen) atoms. The molecular formula is C38H58N4O4. The molecule has 8 nitrogen and oxygen atoms in total. The maximum atomic E-state index is 14.0. The number of aliphatic hydroxyl groups excluding tert-OH is 2. The zero-order valence-electron chi connectivity index (χ0n) is 28.9. The van der Waals surface area contributed by atoms with Gasteiger partial charge in [-0.05, 0) is 93.1 Å². The zero-order chi connectivity index (χ0) is 33.0. The molecule has 8 heteroatoms. The summed E-state index contributed by atoms with van der Waals surface area (Å²) in [4.78, 5) is 25.0. The van der Waals surface area contributed by atoms with Crippen molar-refractivity contribution >= 4 is 5.91 Å². The third-order valence-corrected chi connectivity index (χ3v) is 11.4. The lowest BCUT2D eigenvalue weighted by Gasteiger charge is -2.62. The first-order valence-electron chi connectivity index (χ1n) is 17.5. The fourth-order valence-electron chi connectivity index (χ4n) is 8.51. The van der Waals surface area contributed by atoms with E-state index in [0.717, 1.165) is 51.0 Å². The van der Waals surface area contributed by atoms with E-state index in [4.69, 9.17) is 4.84 Å². The number of likely N-dealkylation sites (N-methyl/N-ethyl adjacent to an activating group) is 1. The summed E-state index contributed by atoms with van der Waals surface area (Å²) in [6.07, 6.45) is 2.95. The third kappa shape index (κ3) is 8.03. The van der Waals surface area contributed by atoms with E-state index < -0.39 is 24.2 Å². The topological polar surface area (TPSA) is 88.5 Å². The van der Waals surface area contributed by atoms with Crippen LogP contribution < -0.4 is 5.32 Å². The fourth-order valence-corrected chi connectivity index (χ4v) is 8.51. The van der Waals surface area contributed by atoms with Gasteiger partial charge in [-0.25, -0.2) is 0 Å². The lowest BCUT2D eigenvalue weighted by molar-refractivity contribution is -0.183. The van der Waals surface area contributed by atoms with E-state index in [0.29, 0.717) is 29.7 Å². The first-order valence-corrected chi connectivity index (χ1v) is 17.5. The summed E-state index contributed by atoms with van der Waals surface area (Å²) in [5, 5.41) is 26.1. The Labute approximate surface area is 277 Å². The van der Waals surface area contributed by atoms with E-state index in [1.165, 1.54) is 17.5 Å². The largest absolute Gasteiger partial charge is 0.394 e. The van der Waals surface area contributed by atoms with Crippen molar-refractivity contribution < 1.29 is 19.8 Å². The van der Waals surface area contributed by atoms with Crippen LogP contribution in [0.25, 0.3) is 0 Å². The van der Waals surface area contributed by atoms with Gasteiger partial charge in [0.15, 0.2) is 0 Å². The molecule has 2 unspecified atom stereocenters. The Hall–Kier alpha value is -2.33. The van der Waals surface area contributed by atoms with E-state index >= 15 is 0 Å². The van der Waals surface area contributed by atoms with Crippen molar-refractivity contribution in [3.63, 3.8) is 0 Å². The molecule has 2 bridgehead atoms. The van der Waals surface area contributed by atoms with Gasteiger partial charge < -0.3 is 20.4 Å². The summed E-state index contributed by atoms with van der Waals surface area (Å²) in [5.41, 5.74) is 3.97. The Morgan fingerprint density at radius 3 is 2.41 bits per heavy atom. The van der Waals surface area contributed by atoms with Crippen molar-refractivity contribution in [2.24, 2.45) is 29.1 Å². The standard InChI is InChI=1S/C38H58N4O4/c1-26-32-21-31(38(32,3)4)22-33(26)39-37(45)36-35(27(2)44)34(25-43)46-42(36)24-30-15-10-14-29(20-30)23-41(19-18-40(5)6)17-11-16-28-12-8-7-9-13-28/h7-10,12-15,20,26-27,31-36,43-44H,11,16-19,21-25H2,1-6H3,(H,39,45)/t26-,27-,31?,32?,33-,34-,35+,36-/m0/s1. The van der Waals surface area contributed by atoms with Gasteiger partial charge in [0.2, 0.25) is 5.91 Å². The van der Waals surface area contributed by atoms with Gasteiger partial charge in [0, 0.05) is 31.6 Å². The number of hydroxylamine groups is 2. The minimum absolute atomic E-state index is 0.109. The second kappa shape index (κ2) is 15.3. The summed E-state index contributed by atoms with van der Waals surface area (Å²) in [7, 11) is 4.23. The molecule has 4 aliphatic rings. The molecule has 0 spiro atoms. The van der Waals surface area contributed by atoms with Crippen molar-refractivity contribution in [2.75, 3.05) is 40.3 Å². The Morgan fingerprint density at radius 1 is 1.04 bits per heavy atom. The molecule has 8 atom stereocenters. The van der Waals surface area contributed by atoms with Crippen LogP contribution in [0, 0.1) is 29.1 Å². The number of carbonyl (C=O) groups excluding carboxylic acids is 1. The van der Waals surface area contributed by atoms with Gasteiger partial charge in [0.05, 0.1) is 19.3 Å². The average Bonchev–Trinajstić information content (AvgIpc) is 3.39. The first-order chi connectivity index (χ1) is 22.0. The highest BCUT2D eigenvalue weighted by Gasteiger charge is 2.57. The van der Waals surface area contributed by atoms with Gasteiger partial charge in [0.1, 0.15) is 12.1 Å². The van der Waals surface area contributed by atoms with Crippen LogP contribution in [0.5, 0.6) is 0 Å². The number of rotatable bonds is 15. The van der Waals surface area contributed by atoms with Crippen molar-refractivity contribution in [3.05, 3.63) is 71.3 Å². The molecule has 2 aromatic carbocycles. The van der Waals surface area contributed by atoms with Crippen LogP contribution >= 0.6 is 0 Å². The molecule has 0 aromatic heterocycles. The lowest BCUT2D eigenvalue weighted by atomic mass is 9.45. The molecule has 254 valence electrons. The number of aryl methyl sites for hydroxylation is 1. The number of aliphatic hydroxyl groups is 2. The number of hydrogen-bond acceptors (Lipinski definition) is 7. The molecule has 3 saturated carbocycles. The third-order valence-electron chi connectivity index (χ3n) is 11.4. The maximum absolute atomic E-state index is 14.0. The van der Waals surface area contributed by atoms with Gasteiger partial charge >= 0.3 is 0 Å². The summed E-state index contributed by atoms with van der Waals surface area (Å²) in [6, 6.07) is 18.6. The number of nitrogens with one attached hydrogen (secondary N) is 1. The molecule has 1 aliphatic heterocycles. The Bertz CT molecular complexity index is 1270. The van der Waals surface area contributed by atoms with Gasteiger partial charge in [-0.2, -0.15) is 5.06 Å². The fraction of sp³-hybridized carbons (Fsp3) is 0.658. The number of nitrogens with zero attached hydrogens (tertiary/aromatic N) is 3. The Balaban J connectivity index is 1.26. The molecule has 0 radical (unpaired) electrons. The van der Waals surface area contributed by atoms with Crippen molar-refractivity contribution in [1.29, 1.82) is 0 Å². The first kappa shape index (κ1) is 35.0. The maximum Gasteiger partial charge on any atom is 0.240 e. The van der Waals surface area contributed by atoms with Gasteiger partial charge in [0.25, 0.3) is 0 Å². The molecule has 4 fully saturated rings. The number of benzene rings is 2. The van der Waals surface area contributed by atoms with Crippen LogP contribution in [0.3, 0.4) is 0 Å². The SMILES string of the molecule is C[C@H](O)[C@@H]1[C@H](CO)ON(Cc2cccc(CN(CCCc3ccccc3)CCN(C)C)c2)[C@@H]1C(=O)N[C@H]1CC2CC([C@@H]1C)C2(C)C. The summed E-state index contributed by atoms with van der Waals surface area (Å²) in [6.45, 7) is 12.7. The summed E-state index contributed by atoms with van der Waals surface area (Å²) >= 11 is 0. The Morgan fingerprint density at radius 2 is 1.76 bits per heavy atom. The molecular weight excluding hydrogens is 576 g/mol. The molecule has 2 aromatic rings. The van der Waals surface area contributed by atoms with Crippen LogP contribution in [0.15, 0.2) is 54.6 Å². The molecule has 3 N–H and O–H groups in total. The van der Waals surface area contributed by atoms with Crippen molar-refractivity contribution in [1.82, 2.24) is 20.2 Å². The highest BCUT2D eigenvalue weighted by atomic mass is 16.7. The predicted octanol–water partition coefficient (Wildman–Crippen LogP) is 4.34. The molecule has 3 aliphatic carbocycles. The van der Waals surface area contributed by atoms with E-state index in [-0.39, 0.29) is 18.6 Å². The monoisotopic (exact) mass is 634 g/mol. The van der Waals surface area contributed by atoms with E-state index in [2.05, 4.69) is 105 Å². The van der Waals surface area contributed by atoms with E-state index in [1.807, 2.05) is 0 Å². The second-order valence-corrected chi connectivity index (χ2v) is 15.2. The van der Waals surface area contributed by atoms with E-state index in [9.17, 15) is 15.0 Å². The van der Waals surface area contributed by atoms with Crippen LogP contribution in [0.2, 0.25) is 0 Å². The highest BCUT2D eigenvalue weighted by Crippen LogP contribution is 2.61. The van der Waals surface area contributed by atoms with Crippen molar-refractivity contribution in [3.8, 4) is 0 Å². The summed E-state index contributed by atoms with van der Waals surface area (Å²) in [5.74, 6) is 1.01. The quantitative estimate of drug-likeness (QED) is 0.269. The second-order valence-electron chi connectivity index (χ2n) is 15.2. The molecule has 1 amide bonds. The van der Waals surface area contributed by atoms with Gasteiger partial charge in [-0.15, -0.1) is 0 Å². The van der Waals surface area contributed by atoms with Crippen molar-refractivity contribution in [2.45, 2.75) is 90.8 Å². The summed E-state index contributed by atoms with van der Waals surface area (Å²) < 4.78 is 0. The minimum atomic E-state index is -0.804. The van der Waals surface area contributed by atoms with Crippen LogP contribution in [-0.2, 0) is 29.1 Å². The molecule has 6 rings (SSSR count). The number of amides is 1.